The third-order valence-electron chi connectivity index (χ3n) is 2.02. The van der Waals surface area contributed by atoms with Crippen molar-refractivity contribution in [3.63, 3.8) is 0 Å². The number of ether oxygens (including phenoxy) is 1. The highest BCUT2D eigenvalue weighted by Crippen LogP contribution is 2.10. The Labute approximate surface area is 115 Å². The number of aliphatic imine (C=N–C) groups is 1. The summed E-state index contributed by atoms with van der Waals surface area (Å²) in [6, 6.07) is 3.92. The van der Waals surface area contributed by atoms with E-state index in [1.54, 1.807) is 23.5 Å². The molecule has 0 unspecified atom stereocenters. The molecule has 0 aliphatic heterocycles. The molecule has 1 rings (SSSR count). The molecule has 0 fully saturated rings. The summed E-state index contributed by atoms with van der Waals surface area (Å²) in [6.45, 7) is 1.18. The Morgan fingerprint density at radius 2 is 2.42 bits per heavy atom. The van der Waals surface area contributed by atoms with Gasteiger partial charge in [-0.15, -0.1) is 11.3 Å². The van der Waals surface area contributed by atoms with Crippen molar-refractivity contribution in [3.05, 3.63) is 40.7 Å². The van der Waals surface area contributed by atoms with Gasteiger partial charge in [-0.2, -0.15) is 0 Å². The quantitative estimate of drug-likeness (QED) is 0.611. The molecule has 6 heteroatoms. The molecule has 5 nitrogen and oxygen atoms in total. The lowest BCUT2D eigenvalue weighted by atomic mass is 10.3. The molecular formula is C13H16N2O3S. The Bertz CT molecular complexity index is 476. The number of rotatable bonds is 6. The number of nitrogens with two attached hydrogens (primary N) is 1. The first-order valence-corrected chi connectivity index (χ1v) is 6.50. The predicted octanol–water partition coefficient (Wildman–Crippen LogP) is 1.56. The maximum Gasteiger partial charge on any atom is 0.336 e. The maximum absolute atomic E-state index is 11.0. The Morgan fingerprint density at radius 1 is 1.63 bits per heavy atom. The molecule has 1 aromatic heterocycles. The lowest BCUT2D eigenvalue weighted by Gasteiger charge is -2.03. The summed E-state index contributed by atoms with van der Waals surface area (Å²) in [4.78, 5) is 16.2. The summed E-state index contributed by atoms with van der Waals surface area (Å²) < 4.78 is 4.73. The van der Waals surface area contributed by atoms with Crippen LogP contribution in [-0.4, -0.2) is 29.6 Å². The fourth-order valence-electron chi connectivity index (χ4n) is 1.10. The van der Waals surface area contributed by atoms with Gasteiger partial charge in [0.2, 0.25) is 0 Å². The Balaban J connectivity index is 2.59. The van der Waals surface area contributed by atoms with Crippen LogP contribution in [0.3, 0.4) is 0 Å². The van der Waals surface area contributed by atoms with Gasteiger partial charge in [0.15, 0.2) is 6.73 Å². The van der Waals surface area contributed by atoms with Crippen LogP contribution in [0.5, 0.6) is 0 Å². The minimum atomic E-state index is -1.15. The highest BCUT2D eigenvalue weighted by molar-refractivity contribution is 7.10. The van der Waals surface area contributed by atoms with Crippen LogP contribution in [0.15, 0.2) is 40.9 Å². The molecule has 0 aliphatic carbocycles. The number of esters is 1. The first-order chi connectivity index (χ1) is 9.13. The van der Waals surface area contributed by atoms with Gasteiger partial charge in [0.05, 0.1) is 5.71 Å². The van der Waals surface area contributed by atoms with Gasteiger partial charge in [-0.25, -0.2) is 9.79 Å². The van der Waals surface area contributed by atoms with E-state index in [0.29, 0.717) is 5.71 Å². The van der Waals surface area contributed by atoms with E-state index >= 15 is 0 Å². The van der Waals surface area contributed by atoms with E-state index in [-0.39, 0.29) is 6.73 Å². The topological polar surface area (TPSA) is 84.9 Å². The average Bonchev–Trinajstić information content (AvgIpc) is 2.88. The summed E-state index contributed by atoms with van der Waals surface area (Å²) in [5.74, 6) is -0.706. The number of nitrogens with zero attached hydrogens (tertiary/aromatic N) is 1. The highest BCUT2D eigenvalue weighted by Gasteiger charge is 2.08. The third-order valence-corrected chi connectivity index (χ3v) is 2.86. The van der Waals surface area contributed by atoms with Crippen molar-refractivity contribution in [3.8, 4) is 0 Å². The molecule has 0 saturated carbocycles. The summed E-state index contributed by atoms with van der Waals surface area (Å²) >= 11 is 1.60. The number of hydrogen-bond donors (Lipinski definition) is 2. The van der Waals surface area contributed by atoms with Crippen molar-refractivity contribution >= 4 is 29.1 Å². The molecular weight excluding hydrogens is 264 g/mol. The largest absolute Gasteiger partial charge is 0.441 e. The van der Waals surface area contributed by atoms with Gasteiger partial charge >= 0.3 is 5.97 Å². The number of hydrogen-bond acceptors (Lipinski definition) is 6. The summed E-state index contributed by atoms with van der Waals surface area (Å²) in [5, 5.41) is 10.9. The zero-order chi connectivity index (χ0) is 14.1. The van der Waals surface area contributed by atoms with Gasteiger partial charge in [0.1, 0.15) is 6.10 Å². The molecule has 102 valence electrons. The number of thiophene rings is 1. The van der Waals surface area contributed by atoms with E-state index in [2.05, 4.69) is 4.99 Å². The van der Waals surface area contributed by atoms with Crippen LogP contribution in [-0.2, 0) is 9.53 Å². The van der Waals surface area contributed by atoms with Crippen LogP contribution in [0.1, 0.15) is 11.8 Å². The average molecular weight is 280 g/mol. The monoisotopic (exact) mass is 280 g/mol. The molecule has 0 aromatic carbocycles. The van der Waals surface area contributed by atoms with Crippen molar-refractivity contribution in [2.45, 2.75) is 13.0 Å². The van der Waals surface area contributed by atoms with Crippen molar-refractivity contribution in [2.75, 3.05) is 6.73 Å². The van der Waals surface area contributed by atoms with Gasteiger partial charge in [-0.3, -0.25) is 0 Å². The van der Waals surface area contributed by atoms with Gasteiger partial charge in [-0.1, -0.05) is 6.07 Å². The molecule has 1 atom stereocenters. The number of aliphatic hydroxyl groups is 1. The molecule has 0 radical (unpaired) electrons. The SMILES string of the molecule is C[C@H](O)C(=O)OC/N=C(/C=C\N)\C=C\c1cccs1. The molecule has 0 bridgehead atoms. The van der Waals surface area contributed by atoms with E-state index in [1.807, 2.05) is 23.6 Å². The van der Waals surface area contributed by atoms with Crippen molar-refractivity contribution < 1.29 is 14.6 Å². The zero-order valence-corrected chi connectivity index (χ0v) is 11.3. The van der Waals surface area contributed by atoms with E-state index in [4.69, 9.17) is 15.6 Å². The zero-order valence-electron chi connectivity index (χ0n) is 10.5. The van der Waals surface area contributed by atoms with Crippen molar-refractivity contribution in [1.29, 1.82) is 0 Å². The summed E-state index contributed by atoms with van der Waals surface area (Å²) in [7, 11) is 0. The number of carbonyl (C=O) groups is 1. The van der Waals surface area contributed by atoms with Crippen LogP contribution < -0.4 is 5.73 Å². The second kappa shape index (κ2) is 8.23. The fourth-order valence-corrected chi connectivity index (χ4v) is 1.72. The van der Waals surface area contributed by atoms with Crippen LogP contribution in [0.2, 0.25) is 0 Å². The summed E-state index contributed by atoms with van der Waals surface area (Å²) in [5.41, 5.74) is 5.90. The molecule has 3 N–H and O–H groups in total. The minimum absolute atomic E-state index is 0.155. The van der Waals surface area contributed by atoms with Crippen LogP contribution in [0.4, 0.5) is 0 Å². The van der Waals surface area contributed by atoms with Gasteiger partial charge < -0.3 is 15.6 Å². The van der Waals surface area contributed by atoms with E-state index in [9.17, 15) is 4.79 Å². The van der Waals surface area contributed by atoms with E-state index in [1.165, 1.54) is 13.1 Å². The Hall–Kier alpha value is -1.92. The van der Waals surface area contributed by atoms with Gasteiger partial charge in [-0.05, 0) is 42.8 Å². The number of carbonyl (C=O) groups excluding carboxylic acids is 1. The second-order valence-corrected chi connectivity index (χ2v) is 4.54. The highest BCUT2D eigenvalue weighted by atomic mass is 32.1. The van der Waals surface area contributed by atoms with Crippen molar-refractivity contribution in [2.24, 2.45) is 10.7 Å². The number of aliphatic hydroxyl groups excluding tert-OH is 1. The van der Waals surface area contributed by atoms with Gasteiger partial charge in [0.25, 0.3) is 0 Å². The lowest BCUT2D eigenvalue weighted by Crippen LogP contribution is -2.19. The van der Waals surface area contributed by atoms with E-state index < -0.39 is 12.1 Å². The maximum atomic E-state index is 11.0. The third kappa shape index (κ3) is 5.98. The van der Waals surface area contributed by atoms with Crippen LogP contribution >= 0.6 is 11.3 Å². The van der Waals surface area contributed by atoms with Crippen LogP contribution in [0, 0.1) is 0 Å². The Kier molecular flexibility index (Phi) is 6.56. The fraction of sp³-hybridized carbons (Fsp3) is 0.231. The van der Waals surface area contributed by atoms with Crippen LogP contribution in [0.25, 0.3) is 6.08 Å². The molecule has 0 aliphatic rings. The first-order valence-electron chi connectivity index (χ1n) is 5.62. The predicted molar refractivity (Wildman–Crippen MR) is 76.8 cm³/mol. The number of allylic oxidation sites excluding steroid dienone is 2. The molecule has 19 heavy (non-hydrogen) atoms. The molecule has 1 heterocycles. The second-order valence-electron chi connectivity index (χ2n) is 3.56. The minimum Gasteiger partial charge on any atom is -0.441 e. The molecule has 0 amide bonds. The van der Waals surface area contributed by atoms with Gasteiger partial charge in [0, 0.05) is 4.88 Å². The summed E-state index contributed by atoms with van der Waals surface area (Å²) in [6.07, 6.45) is 5.46. The molecule has 0 saturated heterocycles. The van der Waals surface area contributed by atoms with Crippen molar-refractivity contribution in [1.82, 2.24) is 0 Å². The molecule has 0 spiro atoms. The first kappa shape index (κ1) is 15.1. The van der Waals surface area contributed by atoms with E-state index in [0.717, 1.165) is 4.88 Å². The smallest absolute Gasteiger partial charge is 0.336 e. The normalized spacial score (nSPS) is 14.1. The molecule has 1 aromatic rings. The Morgan fingerprint density at radius 3 is 3.00 bits per heavy atom. The standard InChI is InChI=1S/C13H16N2O3S/c1-10(16)13(17)18-9-15-11(6-7-14)4-5-12-3-2-8-19-12/h2-8,10,16H,9,14H2,1H3/b5-4+,7-6-,15-11+/t10-/m0/s1. The lowest BCUT2D eigenvalue weighted by molar-refractivity contribution is -0.152.